The van der Waals surface area contributed by atoms with Gasteiger partial charge in [0.15, 0.2) is 0 Å². The monoisotopic (exact) mass is 417 g/mol. The third kappa shape index (κ3) is 3.85. The maximum absolute atomic E-state index is 12.9. The summed E-state index contributed by atoms with van der Waals surface area (Å²) in [4.78, 5) is 11.4. The molecular formula is C15H13BrClNO4S. The van der Waals surface area contributed by atoms with E-state index in [1.165, 1.54) is 43.3 Å². The van der Waals surface area contributed by atoms with Gasteiger partial charge in [0, 0.05) is 9.50 Å². The summed E-state index contributed by atoms with van der Waals surface area (Å²) in [5, 5.41) is 9.71. The lowest BCUT2D eigenvalue weighted by molar-refractivity contribution is -0.137. The van der Waals surface area contributed by atoms with Crippen LogP contribution >= 0.6 is 27.5 Å². The van der Waals surface area contributed by atoms with E-state index in [4.69, 9.17) is 11.6 Å². The second kappa shape index (κ2) is 6.90. The predicted molar refractivity (Wildman–Crippen MR) is 92.4 cm³/mol. The summed E-state index contributed by atoms with van der Waals surface area (Å²) in [6, 6.07) is 10.7. The Morgan fingerprint density at radius 1 is 1.13 bits per heavy atom. The molecule has 5 nitrogen and oxygen atoms in total. The third-order valence-corrected chi connectivity index (χ3v) is 5.85. The first-order chi connectivity index (χ1) is 10.7. The quantitative estimate of drug-likeness (QED) is 0.802. The summed E-state index contributed by atoms with van der Waals surface area (Å²) in [5.74, 6) is -1.25. The molecule has 0 spiro atoms. The first-order valence-electron chi connectivity index (χ1n) is 6.52. The van der Waals surface area contributed by atoms with Crippen LogP contribution in [0.2, 0.25) is 5.02 Å². The van der Waals surface area contributed by atoms with Crippen molar-refractivity contribution < 1.29 is 18.3 Å². The molecule has 0 aliphatic heterocycles. The lowest BCUT2D eigenvalue weighted by atomic mass is 10.2. The van der Waals surface area contributed by atoms with E-state index in [0.29, 0.717) is 5.02 Å². The highest BCUT2D eigenvalue weighted by atomic mass is 79.9. The van der Waals surface area contributed by atoms with Crippen molar-refractivity contribution in [2.45, 2.75) is 17.9 Å². The van der Waals surface area contributed by atoms with Crippen molar-refractivity contribution in [1.29, 1.82) is 0 Å². The summed E-state index contributed by atoms with van der Waals surface area (Å²) in [7, 11) is -4.04. The fourth-order valence-electron chi connectivity index (χ4n) is 1.98. The molecule has 0 bridgehead atoms. The van der Waals surface area contributed by atoms with Gasteiger partial charge in [-0.2, -0.15) is 0 Å². The molecule has 2 rings (SSSR count). The molecule has 0 amide bonds. The lowest BCUT2D eigenvalue weighted by Gasteiger charge is -2.28. The molecule has 2 aromatic rings. The number of carboxylic acids is 1. The van der Waals surface area contributed by atoms with Crippen LogP contribution in [-0.2, 0) is 14.8 Å². The number of nitrogens with zero attached hydrogens (tertiary/aromatic N) is 1. The van der Waals surface area contributed by atoms with E-state index in [-0.39, 0.29) is 10.6 Å². The average Bonchev–Trinajstić information content (AvgIpc) is 2.49. The van der Waals surface area contributed by atoms with Gasteiger partial charge in [-0.1, -0.05) is 27.5 Å². The Balaban J connectivity index is 2.58. The van der Waals surface area contributed by atoms with Gasteiger partial charge < -0.3 is 5.11 Å². The molecule has 122 valence electrons. The standard InChI is InChI=1S/C15H13BrClNO4S/c1-10(15(19)20)18(13-6-4-12(17)5-7-13)23(21,22)14-8-2-11(16)3-9-14/h2-10H,1H3,(H,19,20). The summed E-state index contributed by atoms with van der Waals surface area (Å²) in [6.45, 7) is 1.31. The lowest BCUT2D eigenvalue weighted by Crippen LogP contribution is -2.43. The Labute approximate surface area is 147 Å². The SMILES string of the molecule is CC(C(=O)O)N(c1ccc(Cl)cc1)S(=O)(=O)c1ccc(Br)cc1. The molecule has 1 atom stereocenters. The van der Waals surface area contributed by atoms with Crippen LogP contribution in [0, 0.1) is 0 Å². The molecule has 8 heteroatoms. The van der Waals surface area contributed by atoms with Crippen molar-refractivity contribution in [3.8, 4) is 0 Å². The minimum atomic E-state index is -4.04. The largest absolute Gasteiger partial charge is 0.480 e. The number of rotatable bonds is 5. The third-order valence-electron chi connectivity index (χ3n) is 3.16. The molecule has 0 fully saturated rings. The van der Waals surface area contributed by atoms with Crippen LogP contribution in [0.4, 0.5) is 5.69 Å². The van der Waals surface area contributed by atoms with Crippen LogP contribution < -0.4 is 4.31 Å². The van der Waals surface area contributed by atoms with Crippen molar-refractivity contribution >= 4 is 49.2 Å². The van der Waals surface area contributed by atoms with E-state index in [0.717, 1.165) is 8.78 Å². The van der Waals surface area contributed by atoms with Crippen molar-refractivity contribution in [1.82, 2.24) is 0 Å². The van der Waals surface area contributed by atoms with Crippen molar-refractivity contribution in [3.05, 3.63) is 58.0 Å². The number of carboxylic acid groups (broad SMARTS) is 1. The van der Waals surface area contributed by atoms with Crippen LogP contribution in [0.25, 0.3) is 0 Å². The Bertz CT molecular complexity index is 806. The van der Waals surface area contributed by atoms with E-state index in [1.54, 1.807) is 12.1 Å². The molecule has 1 unspecified atom stereocenters. The van der Waals surface area contributed by atoms with Gasteiger partial charge in [0.05, 0.1) is 10.6 Å². The van der Waals surface area contributed by atoms with Crippen LogP contribution in [0.5, 0.6) is 0 Å². The number of halogens is 2. The summed E-state index contributed by atoms with van der Waals surface area (Å²) in [6.07, 6.45) is 0. The van der Waals surface area contributed by atoms with Crippen LogP contribution in [0.1, 0.15) is 6.92 Å². The summed E-state index contributed by atoms with van der Waals surface area (Å²) in [5.41, 5.74) is 0.229. The molecule has 0 aromatic heterocycles. The number of carbonyl (C=O) groups is 1. The Kier molecular flexibility index (Phi) is 5.33. The fourth-order valence-corrected chi connectivity index (χ4v) is 3.98. The first-order valence-corrected chi connectivity index (χ1v) is 9.13. The first kappa shape index (κ1) is 17.8. The number of anilines is 1. The Morgan fingerprint density at radius 3 is 2.13 bits per heavy atom. The average molecular weight is 419 g/mol. The molecule has 0 aliphatic carbocycles. The maximum Gasteiger partial charge on any atom is 0.327 e. The molecular weight excluding hydrogens is 406 g/mol. The van der Waals surface area contributed by atoms with Crippen molar-refractivity contribution in [2.24, 2.45) is 0 Å². The molecule has 2 aromatic carbocycles. The van der Waals surface area contributed by atoms with Gasteiger partial charge in [-0.15, -0.1) is 0 Å². The van der Waals surface area contributed by atoms with E-state index < -0.39 is 22.0 Å². The van der Waals surface area contributed by atoms with Crippen LogP contribution in [0.3, 0.4) is 0 Å². The maximum atomic E-state index is 12.9. The highest BCUT2D eigenvalue weighted by Crippen LogP contribution is 2.28. The van der Waals surface area contributed by atoms with Gasteiger partial charge in [-0.3, -0.25) is 4.31 Å². The molecule has 0 saturated heterocycles. The second-order valence-corrected chi connectivity index (χ2v) is 7.91. The van der Waals surface area contributed by atoms with Gasteiger partial charge >= 0.3 is 5.97 Å². The van der Waals surface area contributed by atoms with Crippen molar-refractivity contribution in [3.63, 3.8) is 0 Å². The minimum Gasteiger partial charge on any atom is -0.480 e. The predicted octanol–water partition coefficient (Wildman–Crippen LogP) is 3.77. The minimum absolute atomic E-state index is 0.00347. The van der Waals surface area contributed by atoms with Crippen molar-refractivity contribution in [2.75, 3.05) is 4.31 Å². The van der Waals surface area contributed by atoms with Gasteiger partial charge in [-0.05, 0) is 55.5 Å². The fraction of sp³-hybridized carbons (Fsp3) is 0.133. The van der Waals surface area contributed by atoms with Crippen LogP contribution in [0.15, 0.2) is 57.9 Å². The summed E-state index contributed by atoms with van der Waals surface area (Å²) < 4.78 is 27.4. The highest BCUT2D eigenvalue weighted by molar-refractivity contribution is 9.10. The molecule has 0 aliphatic rings. The van der Waals surface area contributed by atoms with Gasteiger partial charge in [-0.25, -0.2) is 13.2 Å². The van der Waals surface area contributed by atoms with Gasteiger partial charge in [0.1, 0.15) is 6.04 Å². The van der Waals surface area contributed by atoms with E-state index in [1.807, 2.05) is 0 Å². The van der Waals surface area contributed by atoms with Gasteiger partial charge in [0.2, 0.25) is 0 Å². The number of aliphatic carboxylic acids is 1. The Hall–Kier alpha value is -1.57. The number of sulfonamides is 1. The zero-order valence-electron chi connectivity index (χ0n) is 12.0. The number of hydrogen-bond donors (Lipinski definition) is 1. The summed E-state index contributed by atoms with van der Waals surface area (Å²) >= 11 is 9.05. The zero-order valence-corrected chi connectivity index (χ0v) is 15.1. The van der Waals surface area contributed by atoms with E-state index >= 15 is 0 Å². The Morgan fingerprint density at radius 2 is 1.65 bits per heavy atom. The number of hydrogen-bond acceptors (Lipinski definition) is 3. The molecule has 1 N–H and O–H groups in total. The molecule has 0 heterocycles. The highest BCUT2D eigenvalue weighted by Gasteiger charge is 2.33. The second-order valence-electron chi connectivity index (χ2n) is 4.75. The van der Waals surface area contributed by atoms with E-state index in [2.05, 4.69) is 15.9 Å². The normalized spacial score (nSPS) is 12.7. The molecule has 0 saturated carbocycles. The molecule has 23 heavy (non-hydrogen) atoms. The number of benzene rings is 2. The smallest absolute Gasteiger partial charge is 0.327 e. The molecule has 0 radical (unpaired) electrons. The zero-order chi connectivity index (χ0) is 17.2. The van der Waals surface area contributed by atoms with Gasteiger partial charge in [0.25, 0.3) is 10.0 Å². The van der Waals surface area contributed by atoms with Crippen LogP contribution in [-0.4, -0.2) is 25.5 Å². The van der Waals surface area contributed by atoms with E-state index in [9.17, 15) is 18.3 Å². The topological polar surface area (TPSA) is 74.7 Å².